The molecule has 1 atom stereocenters. The molecule has 0 bridgehead atoms. The van der Waals surface area contributed by atoms with Crippen molar-refractivity contribution in [2.45, 2.75) is 13.0 Å². The Hall–Kier alpha value is -2.46. The fourth-order valence-corrected chi connectivity index (χ4v) is 2.07. The molecule has 1 aromatic carbocycles. The predicted molar refractivity (Wildman–Crippen MR) is 76.7 cm³/mol. The van der Waals surface area contributed by atoms with E-state index in [1.54, 1.807) is 31.5 Å². The molecule has 0 fully saturated rings. The molecule has 4 nitrogen and oxygen atoms in total. The molecule has 2 aromatic heterocycles. The molecule has 0 aliphatic rings. The van der Waals surface area contributed by atoms with Crippen LogP contribution in [0.2, 0.25) is 0 Å². The number of ether oxygens (including phenoxy) is 1. The van der Waals surface area contributed by atoms with E-state index in [-0.39, 0.29) is 0 Å². The van der Waals surface area contributed by atoms with E-state index in [1.165, 1.54) is 0 Å². The van der Waals surface area contributed by atoms with Crippen molar-refractivity contribution >= 4 is 10.9 Å². The zero-order chi connectivity index (χ0) is 13.9. The normalized spacial score (nSPS) is 12.3. The number of aromatic nitrogens is 2. The average molecular weight is 266 g/mol. The molecule has 2 heterocycles. The first kappa shape index (κ1) is 12.6. The number of hydrogen-bond donors (Lipinski definition) is 1. The first-order valence-corrected chi connectivity index (χ1v) is 6.40. The van der Waals surface area contributed by atoms with Gasteiger partial charge in [-0.05, 0) is 43.3 Å². The number of rotatable bonds is 3. The van der Waals surface area contributed by atoms with E-state index >= 15 is 0 Å². The Morgan fingerprint density at radius 3 is 2.65 bits per heavy atom. The SMILES string of the molecule is C[C@H](O)c1cccnc1Oc1cccc2ncccc12. The highest BCUT2D eigenvalue weighted by atomic mass is 16.5. The van der Waals surface area contributed by atoms with Gasteiger partial charge in [0.2, 0.25) is 5.88 Å². The standard InChI is InChI=1S/C16H14N2O2/c1-11(19)12-5-3-10-18-16(12)20-15-8-2-7-14-13(15)6-4-9-17-14/h2-11,19H,1H3/t11-/m0/s1. The molecular formula is C16H14N2O2. The van der Waals surface area contributed by atoms with Crippen LogP contribution in [0.25, 0.3) is 10.9 Å². The minimum Gasteiger partial charge on any atom is -0.438 e. The van der Waals surface area contributed by atoms with Gasteiger partial charge in [-0.2, -0.15) is 0 Å². The van der Waals surface area contributed by atoms with Crippen LogP contribution in [0.3, 0.4) is 0 Å². The van der Waals surface area contributed by atoms with Crippen molar-refractivity contribution in [2.24, 2.45) is 0 Å². The van der Waals surface area contributed by atoms with Gasteiger partial charge in [-0.3, -0.25) is 4.98 Å². The van der Waals surface area contributed by atoms with Crippen molar-refractivity contribution in [1.29, 1.82) is 0 Å². The third-order valence-electron chi connectivity index (χ3n) is 3.06. The van der Waals surface area contributed by atoms with Gasteiger partial charge >= 0.3 is 0 Å². The predicted octanol–water partition coefficient (Wildman–Crippen LogP) is 3.48. The molecule has 4 heteroatoms. The molecule has 100 valence electrons. The zero-order valence-corrected chi connectivity index (χ0v) is 11.0. The Kier molecular flexibility index (Phi) is 3.31. The quantitative estimate of drug-likeness (QED) is 0.788. The molecule has 20 heavy (non-hydrogen) atoms. The molecule has 0 amide bonds. The van der Waals surface area contributed by atoms with Gasteiger partial charge in [-0.1, -0.05) is 6.07 Å². The van der Waals surface area contributed by atoms with Gasteiger partial charge in [-0.15, -0.1) is 0 Å². The van der Waals surface area contributed by atoms with Crippen molar-refractivity contribution in [3.05, 3.63) is 60.4 Å². The van der Waals surface area contributed by atoms with Gasteiger partial charge in [0.15, 0.2) is 0 Å². The molecule has 0 spiro atoms. The number of hydrogen-bond acceptors (Lipinski definition) is 4. The number of aliphatic hydroxyl groups excluding tert-OH is 1. The smallest absolute Gasteiger partial charge is 0.225 e. The summed E-state index contributed by atoms with van der Waals surface area (Å²) in [6, 6.07) is 13.1. The monoisotopic (exact) mass is 266 g/mol. The summed E-state index contributed by atoms with van der Waals surface area (Å²) in [6.45, 7) is 1.69. The van der Waals surface area contributed by atoms with Gasteiger partial charge in [0.1, 0.15) is 5.75 Å². The van der Waals surface area contributed by atoms with Crippen LogP contribution in [0, 0.1) is 0 Å². The van der Waals surface area contributed by atoms with Crippen LogP contribution in [0.1, 0.15) is 18.6 Å². The largest absolute Gasteiger partial charge is 0.438 e. The topological polar surface area (TPSA) is 55.2 Å². The third-order valence-corrected chi connectivity index (χ3v) is 3.06. The van der Waals surface area contributed by atoms with Crippen LogP contribution in [-0.2, 0) is 0 Å². The van der Waals surface area contributed by atoms with Gasteiger partial charge in [0.25, 0.3) is 0 Å². The molecule has 3 rings (SSSR count). The summed E-state index contributed by atoms with van der Waals surface area (Å²) in [6.07, 6.45) is 2.76. The molecule has 0 aliphatic heterocycles. The molecule has 0 saturated heterocycles. The average Bonchev–Trinajstić information content (AvgIpc) is 2.48. The minimum absolute atomic E-state index is 0.416. The second kappa shape index (κ2) is 5.27. The lowest BCUT2D eigenvalue weighted by atomic mass is 10.1. The summed E-state index contributed by atoms with van der Waals surface area (Å²) in [7, 11) is 0. The van der Waals surface area contributed by atoms with E-state index in [2.05, 4.69) is 9.97 Å². The Bertz CT molecular complexity index is 736. The lowest BCUT2D eigenvalue weighted by Gasteiger charge is -2.12. The lowest BCUT2D eigenvalue weighted by Crippen LogP contribution is -1.98. The number of fused-ring (bicyclic) bond motifs is 1. The fourth-order valence-electron chi connectivity index (χ4n) is 2.07. The molecule has 0 radical (unpaired) electrons. The summed E-state index contributed by atoms with van der Waals surface area (Å²) in [5.74, 6) is 1.09. The summed E-state index contributed by atoms with van der Waals surface area (Å²) in [5, 5.41) is 10.7. The van der Waals surface area contributed by atoms with Gasteiger partial charge in [-0.25, -0.2) is 4.98 Å². The lowest BCUT2D eigenvalue weighted by molar-refractivity contribution is 0.194. The Labute approximate surface area is 116 Å². The molecule has 0 aliphatic carbocycles. The van der Waals surface area contributed by atoms with Crippen LogP contribution in [0.4, 0.5) is 0 Å². The van der Waals surface area contributed by atoms with Gasteiger partial charge < -0.3 is 9.84 Å². The number of nitrogens with zero attached hydrogens (tertiary/aromatic N) is 2. The van der Waals surface area contributed by atoms with Gasteiger partial charge in [0.05, 0.1) is 11.6 Å². The molecule has 3 aromatic rings. The first-order valence-electron chi connectivity index (χ1n) is 6.40. The van der Waals surface area contributed by atoms with Crippen molar-refractivity contribution in [2.75, 3.05) is 0 Å². The van der Waals surface area contributed by atoms with E-state index in [4.69, 9.17) is 4.74 Å². The van der Waals surface area contributed by atoms with E-state index in [0.717, 1.165) is 10.9 Å². The second-order valence-corrected chi connectivity index (χ2v) is 4.50. The van der Waals surface area contributed by atoms with E-state index in [0.29, 0.717) is 17.2 Å². The van der Waals surface area contributed by atoms with Crippen LogP contribution in [-0.4, -0.2) is 15.1 Å². The Morgan fingerprint density at radius 1 is 1.00 bits per heavy atom. The Balaban J connectivity index is 2.06. The van der Waals surface area contributed by atoms with E-state index in [9.17, 15) is 5.11 Å². The molecular weight excluding hydrogens is 252 g/mol. The second-order valence-electron chi connectivity index (χ2n) is 4.50. The zero-order valence-electron chi connectivity index (χ0n) is 11.0. The van der Waals surface area contributed by atoms with Crippen molar-refractivity contribution in [3.8, 4) is 11.6 Å². The highest BCUT2D eigenvalue weighted by Crippen LogP contribution is 2.31. The fraction of sp³-hybridized carbons (Fsp3) is 0.125. The van der Waals surface area contributed by atoms with Crippen molar-refractivity contribution < 1.29 is 9.84 Å². The van der Waals surface area contributed by atoms with Crippen LogP contribution < -0.4 is 4.74 Å². The molecule has 0 unspecified atom stereocenters. The first-order chi connectivity index (χ1) is 9.75. The third kappa shape index (κ3) is 2.33. The maximum absolute atomic E-state index is 9.76. The van der Waals surface area contributed by atoms with Gasteiger partial charge in [0, 0.05) is 23.3 Å². The van der Waals surface area contributed by atoms with E-state index in [1.807, 2.05) is 30.3 Å². The Morgan fingerprint density at radius 2 is 1.80 bits per heavy atom. The van der Waals surface area contributed by atoms with Crippen LogP contribution in [0.5, 0.6) is 11.6 Å². The van der Waals surface area contributed by atoms with Crippen LogP contribution >= 0.6 is 0 Å². The highest BCUT2D eigenvalue weighted by Gasteiger charge is 2.12. The number of pyridine rings is 2. The van der Waals surface area contributed by atoms with E-state index < -0.39 is 6.10 Å². The summed E-state index contributed by atoms with van der Waals surface area (Å²) >= 11 is 0. The number of benzene rings is 1. The molecule has 1 N–H and O–H groups in total. The number of aliphatic hydroxyl groups is 1. The summed E-state index contributed by atoms with van der Waals surface area (Å²) in [4.78, 5) is 8.49. The summed E-state index contributed by atoms with van der Waals surface area (Å²) in [5.41, 5.74) is 1.52. The molecule has 0 saturated carbocycles. The summed E-state index contributed by atoms with van der Waals surface area (Å²) < 4.78 is 5.87. The van der Waals surface area contributed by atoms with Crippen LogP contribution in [0.15, 0.2) is 54.9 Å². The maximum Gasteiger partial charge on any atom is 0.225 e. The maximum atomic E-state index is 9.76. The van der Waals surface area contributed by atoms with Crippen molar-refractivity contribution in [1.82, 2.24) is 9.97 Å². The minimum atomic E-state index is -0.633. The highest BCUT2D eigenvalue weighted by molar-refractivity contribution is 5.85. The van der Waals surface area contributed by atoms with Crippen molar-refractivity contribution in [3.63, 3.8) is 0 Å².